The van der Waals surface area contributed by atoms with Gasteiger partial charge in [-0.2, -0.15) is 0 Å². The number of rotatable bonds is 5. The Bertz CT molecular complexity index is 3550. The molecule has 0 aliphatic carbocycles. The Morgan fingerprint density at radius 3 is 1.53 bits per heavy atom. The Labute approximate surface area is 339 Å². The van der Waals surface area contributed by atoms with Crippen LogP contribution in [0.4, 0.5) is 0 Å². The first-order chi connectivity index (χ1) is 29.2. The first-order valence-electron chi connectivity index (χ1n) is 19.9. The molecule has 0 N–H and O–H groups in total. The second-order valence-corrected chi connectivity index (χ2v) is 15.2. The number of nitrogens with zero attached hydrogens (tertiary/aromatic N) is 3. The molecule has 0 spiro atoms. The van der Waals surface area contributed by atoms with E-state index < -0.39 is 0 Å². The highest BCUT2D eigenvalue weighted by molar-refractivity contribution is 6.19. The van der Waals surface area contributed by atoms with Crippen molar-refractivity contribution in [2.45, 2.75) is 0 Å². The van der Waals surface area contributed by atoms with Crippen molar-refractivity contribution < 1.29 is 4.42 Å². The molecule has 12 rings (SSSR count). The molecule has 0 radical (unpaired) electrons. The Balaban J connectivity index is 1.12. The van der Waals surface area contributed by atoms with E-state index in [4.69, 9.17) is 19.4 Å². The van der Waals surface area contributed by atoms with Crippen LogP contribution in [0.5, 0.6) is 0 Å². The van der Waals surface area contributed by atoms with E-state index in [0.717, 1.165) is 60.9 Å². The fourth-order valence-corrected chi connectivity index (χ4v) is 8.79. The molecule has 0 aliphatic heterocycles. The highest BCUT2D eigenvalue weighted by Gasteiger charge is 2.20. The molecule has 0 aliphatic rings. The van der Waals surface area contributed by atoms with Gasteiger partial charge in [-0.1, -0.05) is 158 Å². The fourth-order valence-electron chi connectivity index (χ4n) is 8.79. The molecule has 12 aromatic rings. The zero-order valence-electron chi connectivity index (χ0n) is 31.8. The summed E-state index contributed by atoms with van der Waals surface area (Å²) in [6, 6.07) is 70.7. The molecule has 0 amide bonds. The third kappa shape index (κ3) is 5.57. The summed E-state index contributed by atoms with van der Waals surface area (Å²) in [6.45, 7) is 0. The number of hydrogen-bond donors (Lipinski definition) is 0. The first-order valence-corrected chi connectivity index (χ1v) is 19.9. The quantitative estimate of drug-likeness (QED) is 0.164. The monoisotopic (exact) mass is 751 g/mol. The zero-order chi connectivity index (χ0) is 38.9. The van der Waals surface area contributed by atoms with Crippen molar-refractivity contribution in [1.29, 1.82) is 0 Å². The summed E-state index contributed by atoms with van der Waals surface area (Å²) < 4.78 is 6.93. The van der Waals surface area contributed by atoms with Crippen LogP contribution in [-0.4, -0.2) is 15.0 Å². The van der Waals surface area contributed by atoms with Gasteiger partial charge in [0.15, 0.2) is 17.5 Å². The van der Waals surface area contributed by atoms with E-state index in [0.29, 0.717) is 17.5 Å². The number of hydrogen-bond acceptors (Lipinski definition) is 4. The SMILES string of the molecule is c1ccc(-c2nc(-c3ccccc3)nc(-c3ccc4oc5c(-c6cc7ccccc7c7ccccc67)cc(-c6ccc7c(ccc8ccccc87)c6)cc5c4c3)n2)cc1. The summed E-state index contributed by atoms with van der Waals surface area (Å²) in [7, 11) is 0. The highest BCUT2D eigenvalue weighted by Crippen LogP contribution is 2.44. The smallest absolute Gasteiger partial charge is 0.164 e. The van der Waals surface area contributed by atoms with Crippen molar-refractivity contribution >= 4 is 65.0 Å². The van der Waals surface area contributed by atoms with Gasteiger partial charge in [-0.15, -0.1) is 0 Å². The highest BCUT2D eigenvalue weighted by atomic mass is 16.3. The van der Waals surface area contributed by atoms with Gasteiger partial charge in [0, 0.05) is 33.0 Å². The molecule has 0 saturated carbocycles. The van der Waals surface area contributed by atoms with Crippen molar-refractivity contribution in [3.8, 4) is 56.4 Å². The Kier molecular flexibility index (Phi) is 7.50. The molecule has 0 saturated heterocycles. The normalized spacial score (nSPS) is 11.7. The van der Waals surface area contributed by atoms with Crippen LogP contribution in [0, 0.1) is 0 Å². The first kappa shape index (κ1) is 33.2. The molecule has 59 heavy (non-hydrogen) atoms. The maximum Gasteiger partial charge on any atom is 0.164 e. The Hall–Kier alpha value is -7.95. The van der Waals surface area contributed by atoms with Gasteiger partial charge in [-0.25, -0.2) is 15.0 Å². The predicted octanol–water partition coefficient (Wildman–Crippen LogP) is 14.7. The van der Waals surface area contributed by atoms with Gasteiger partial charge < -0.3 is 4.42 Å². The van der Waals surface area contributed by atoms with Gasteiger partial charge >= 0.3 is 0 Å². The van der Waals surface area contributed by atoms with Gasteiger partial charge in [0.1, 0.15) is 11.2 Å². The van der Waals surface area contributed by atoms with E-state index in [2.05, 4.69) is 140 Å². The zero-order valence-corrected chi connectivity index (χ0v) is 31.8. The molecular weight excluding hydrogens is 719 g/mol. The van der Waals surface area contributed by atoms with Crippen LogP contribution < -0.4 is 0 Å². The molecular formula is C55H33N3O. The molecule has 274 valence electrons. The summed E-state index contributed by atoms with van der Waals surface area (Å²) in [6.07, 6.45) is 0. The average molecular weight is 752 g/mol. The number of aromatic nitrogens is 3. The second-order valence-electron chi connectivity index (χ2n) is 15.2. The second kappa shape index (κ2) is 13.3. The minimum atomic E-state index is 0.604. The minimum absolute atomic E-state index is 0.604. The summed E-state index contributed by atoms with van der Waals surface area (Å²) in [5.41, 5.74) is 8.85. The van der Waals surface area contributed by atoms with Gasteiger partial charge in [0.05, 0.1) is 0 Å². The molecule has 0 atom stereocenters. The van der Waals surface area contributed by atoms with Crippen molar-refractivity contribution in [2.24, 2.45) is 0 Å². The number of fused-ring (bicyclic) bond motifs is 9. The van der Waals surface area contributed by atoms with Gasteiger partial charge in [0.25, 0.3) is 0 Å². The lowest BCUT2D eigenvalue weighted by molar-refractivity contribution is 0.670. The molecule has 0 fully saturated rings. The largest absolute Gasteiger partial charge is 0.455 e. The Morgan fingerprint density at radius 2 is 0.797 bits per heavy atom. The van der Waals surface area contributed by atoms with Crippen molar-refractivity contribution in [3.63, 3.8) is 0 Å². The number of furan rings is 1. The third-order valence-electron chi connectivity index (χ3n) is 11.7. The summed E-state index contributed by atoms with van der Waals surface area (Å²) in [5, 5.41) is 11.8. The van der Waals surface area contributed by atoms with E-state index >= 15 is 0 Å². The maximum absolute atomic E-state index is 6.93. The van der Waals surface area contributed by atoms with Crippen LogP contribution in [0.15, 0.2) is 205 Å². The molecule has 0 bridgehead atoms. The molecule has 10 aromatic carbocycles. The maximum atomic E-state index is 6.93. The van der Waals surface area contributed by atoms with Crippen LogP contribution in [0.2, 0.25) is 0 Å². The Morgan fingerprint density at radius 1 is 0.271 bits per heavy atom. The van der Waals surface area contributed by atoms with Crippen molar-refractivity contribution in [1.82, 2.24) is 15.0 Å². The molecule has 4 nitrogen and oxygen atoms in total. The van der Waals surface area contributed by atoms with Crippen LogP contribution in [0.3, 0.4) is 0 Å². The third-order valence-corrected chi connectivity index (χ3v) is 11.7. The van der Waals surface area contributed by atoms with Gasteiger partial charge in [-0.05, 0) is 102 Å². The standard InChI is InChI=1S/C55H33N3O/c1-3-14-35(15-4-1)53-56-54(36-16-5-2-6-17-36)58-55(57-53)40-26-28-51-48(31-40)50-33-41(37-25-27-44-39(29-37)24-23-34-13-7-9-19-42(34)44)32-49(52(50)59-51)47-30-38-18-8-10-20-43(38)45-21-11-12-22-46(45)47/h1-33H. The predicted molar refractivity (Wildman–Crippen MR) is 244 cm³/mol. The number of benzene rings is 10. The van der Waals surface area contributed by atoms with Crippen LogP contribution >= 0.6 is 0 Å². The molecule has 0 unspecified atom stereocenters. The lowest BCUT2D eigenvalue weighted by Crippen LogP contribution is -2.00. The van der Waals surface area contributed by atoms with Crippen molar-refractivity contribution in [3.05, 3.63) is 200 Å². The van der Waals surface area contributed by atoms with Crippen LogP contribution in [-0.2, 0) is 0 Å². The molecule has 2 heterocycles. The topological polar surface area (TPSA) is 51.8 Å². The molecule has 4 heteroatoms. The summed E-state index contributed by atoms with van der Waals surface area (Å²) in [4.78, 5) is 15.1. The van der Waals surface area contributed by atoms with Crippen LogP contribution in [0.1, 0.15) is 0 Å². The van der Waals surface area contributed by atoms with Crippen LogP contribution in [0.25, 0.3) is 121 Å². The average Bonchev–Trinajstić information content (AvgIpc) is 3.69. The lowest BCUT2D eigenvalue weighted by atomic mass is 9.90. The minimum Gasteiger partial charge on any atom is -0.455 e. The van der Waals surface area contributed by atoms with E-state index in [1.807, 2.05) is 60.7 Å². The van der Waals surface area contributed by atoms with E-state index in [1.165, 1.54) is 43.1 Å². The van der Waals surface area contributed by atoms with Gasteiger partial charge in [-0.3, -0.25) is 0 Å². The summed E-state index contributed by atoms with van der Waals surface area (Å²) in [5.74, 6) is 1.86. The molecule has 2 aromatic heterocycles. The fraction of sp³-hybridized carbons (Fsp3) is 0. The van der Waals surface area contributed by atoms with E-state index in [1.54, 1.807) is 0 Å². The lowest BCUT2D eigenvalue weighted by Gasteiger charge is -2.14. The summed E-state index contributed by atoms with van der Waals surface area (Å²) >= 11 is 0. The van der Waals surface area contributed by atoms with E-state index in [9.17, 15) is 0 Å². The van der Waals surface area contributed by atoms with Gasteiger partial charge in [0.2, 0.25) is 0 Å². The van der Waals surface area contributed by atoms with E-state index in [-0.39, 0.29) is 0 Å². The van der Waals surface area contributed by atoms with Crippen molar-refractivity contribution in [2.75, 3.05) is 0 Å².